The van der Waals surface area contributed by atoms with Crippen molar-refractivity contribution in [2.24, 2.45) is 0 Å². The maximum atomic E-state index is 10.7. The van der Waals surface area contributed by atoms with Crippen LogP contribution in [-0.2, 0) is 6.42 Å². The van der Waals surface area contributed by atoms with Crippen LogP contribution in [-0.4, -0.2) is 41.3 Å². The summed E-state index contributed by atoms with van der Waals surface area (Å²) in [6, 6.07) is 3.42. The van der Waals surface area contributed by atoms with E-state index in [1.54, 1.807) is 12.1 Å². The molecule has 0 spiro atoms. The molecule has 0 fully saturated rings. The predicted octanol–water partition coefficient (Wildman–Crippen LogP) is 0.334. The van der Waals surface area contributed by atoms with Crippen LogP contribution in [0.25, 0.3) is 5.82 Å². The summed E-state index contributed by atoms with van der Waals surface area (Å²) in [4.78, 5) is 15.8. The van der Waals surface area contributed by atoms with E-state index in [4.69, 9.17) is 9.52 Å². The zero-order valence-corrected chi connectivity index (χ0v) is 10.0. The molecule has 0 unspecified atom stereocenters. The van der Waals surface area contributed by atoms with Gasteiger partial charge in [-0.25, -0.2) is 9.78 Å². The third-order valence-corrected chi connectivity index (χ3v) is 2.43. The van der Waals surface area contributed by atoms with Crippen molar-refractivity contribution in [1.29, 1.82) is 0 Å². The fourth-order valence-electron chi connectivity index (χ4n) is 1.53. The van der Waals surface area contributed by atoms with Crippen LogP contribution in [0.3, 0.4) is 0 Å². The Morgan fingerprint density at radius 3 is 2.65 bits per heavy atom. The number of aromatic carboxylic acids is 1. The number of hydrogen-bond acceptors (Lipinski definition) is 7. The summed E-state index contributed by atoms with van der Waals surface area (Å²) in [5, 5.41) is 24.5. The molecule has 0 aromatic carbocycles. The number of carboxylic acid groups (broad SMARTS) is 1. The quantitative estimate of drug-likeness (QED) is 0.721. The molecular weight excluding hydrogens is 264 g/mol. The zero-order valence-electron chi connectivity index (χ0n) is 10.0. The molecule has 3 heterocycles. The second kappa shape index (κ2) is 4.88. The maximum absolute atomic E-state index is 10.7. The second-order valence-corrected chi connectivity index (χ2v) is 3.81. The van der Waals surface area contributed by atoms with Gasteiger partial charge in [0, 0.05) is 0 Å². The lowest BCUT2D eigenvalue weighted by molar-refractivity contribution is 0.0690. The van der Waals surface area contributed by atoms with Crippen LogP contribution < -0.4 is 0 Å². The summed E-state index contributed by atoms with van der Waals surface area (Å²) in [7, 11) is 0. The fourth-order valence-corrected chi connectivity index (χ4v) is 1.53. The van der Waals surface area contributed by atoms with Crippen LogP contribution in [0.1, 0.15) is 22.1 Å². The minimum absolute atomic E-state index is 0.134. The fraction of sp³-hybridized carbons (Fsp3) is 0.0909. The Hall–Kier alpha value is -3.10. The van der Waals surface area contributed by atoms with Crippen molar-refractivity contribution in [1.82, 2.24) is 30.2 Å². The molecule has 1 N–H and O–H groups in total. The van der Waals surface area contributed by atoms with Crippen LogP contribution in [0.15, 0.2) is 35.2 Å². The van der Waals surface area contributed by atoms with Gasteiger partial charge in [-0.2, -0.15) is 15.3 Å². The molecule has 0 saturated carbocycles. The standard InChI is InChI=1S/C11H8N6O3/c18-11(19)8-6-20-10(14-8)5-7-1-2-9(16-15-7)17-12-3-4-13-17/h1-4,6H,5H2,(H,18,19). The van der Waals surface area contributed by atoms with Crippen molar-refractivity contribution < 1.29 is 14.3 Å². The third-order valence-electron chi connectivity index (χ3n) is 2.43. The summed E-state index contributed by atoms with van der Waals surface area (Å²) >= 11 is 0. The molecule has 0 radical (unpaired) electrons. The van der Waals surface area contributed by atoms with E-state index in [2.05, 4.69) is 25.4 Å². The van der Waals surface area contributed by atoms with Gasteiger partial charge < -0.3 is 9.52 Å². The lowest BCUT2D eigenvalue weighted by Gasteiger charge is -1.99. The molecule has 9 heteroatoms. The second-order valence-electron chi connectivity index (χ2n) is 3.81. The number of rotatable bonds is 4. The average molecular weight is 272 g/mol. The molecule has 3 aromatic rings. The van der Waals surface area contributed by atoms with Crippen LogP contribution in [0.5, 0.6) is 0 Å². The van der Waals surface area contributed by atoms with Gasteiger partial charge in [0.1, 0.15) is 6.26 Å². The third kappa shape index (κ3) is 2.36. The van der Waals surface area contributed by atoms with Gasteiger partial charge in [-0.1, -0.05) is 0 Å². The number of nitrogens with zero attached hydrogens (tertiary/aromatic N) is 6. The molecule has 0 amide bonds. The highest BCUT2D eigenvalue weighted by Crippen LogP contribution is 2.08. The molecule has 0 aliphatic rings. The molecule has 0 atom stereocenters. The molecule has 3 rings (SSSR count). The summed E-state index contributed by atoms with van der Waals surface area (Å²) < 4.78 is 5.04. The summed E-state index contributed by atoms with van der Waals surface area (Å²) in [5.74, 6) is -0.384. The van der Waals surface area contributed by atoms with Gasteiger partial charge in [-0.15, -0.1) is 9.90 Å². The summed E-state index contributed by atoms with van der Waals surface area (Å²) in [6.07, 6.45) is 4.42. The molecule has 0 aliphatic carbocycles. The highest BCUT2D eigenvalue weighted by molar-refractivity contribution is 5.84. The molecule has 100 valence electrons. The van der Waals surface area contributed by atoms with Crippen LogP contribution in [0, 0.1) is 0 Å². The van der Waals surface area contributed by atoms with E-state index < -0.39 is 5.97 Å². The SMILES string of the molecule is O=C(O)c1coc(Cc2ccc(-n3nccn3)nn2)n1. The topological polar surface area (TPSA) is 120 Å². The van der Waals surface area contributed by atoms with Crippen molar-refractivity contribution in [2.45, 2.75) is 6.42 Å². The Morgan fingerprint density at radius 1 is 1.25 bits per heavy atom. The largest absolute Gasteiger partial charge is 0.476 e. The Labute approximate surface area is 111 Å². The first kappa shape index (κ1) is 12.0. The zero-order chi connectivity index (χ0) is 13.9. The van der Waals surface area contributed by atoms with Crippen LogP contribution >= 0.6 is 0 Å². The monoisotopic (exact) mass is 272 g/mol. The lowest BCUT2D eigenvalue weighted by atomic mass is 10.3. The molecular formula is C11H8N6O3. The first-order valence-electron chi connectivity index (χ1n) is 5.59. The first-order chi connectivity index (χ1) is 9.72. The predicted molar refractivity (Wildman–Crippen MR) is 63.2 cm³/mol. The Bertz CT molecular complexity index is 719. The maximum Gasteiger partial charge on any atom is 0.357 e. The van der Waals surface area contributed by atoms with Crippen molar-refractivity contribution in [3.05, 3.63) is 48.1 Å². The van der Waals surface area contributed by atoms with E-state index in [-0.39, 0.29) is 18.0 Å². The summed E-state index contributed by atoms with van der Waals surface area (Å²) in [6.45, 7) is 0. The van der Waals surface area contributed by atoms with E-state index >= 15 is 0 Å². The van der Waals surface area contributed by atoms with Gasteiger partial charge in [-0.05, 0) is 12.1 Å². The smallest absolute Gasteiger partial charge is 0.357 e. The van der Waals surface area contributed by atoms with E-state index in [1.165, 1.54) is 17.2 Å². The highest BCUT2D eigenvalue weighted by atomic mass is 16.4. The van der Waals surface area contributed by atoms with Crippen molar-refractivity contribution in [2.75, 3.05) is 0 Å². The molecule has 3 aromatic heterocycles. The van der Waals surface area contributed by atoms with Gasteiger partial charge in [0.2, 0.25) is 5.89 Å². The molecule has 9 nitrogen and oxygen atoms in total. The average Bonchev–Trinajstić information content (AvgIpc) is 3.10. The van der Waals surface area contributed by atoms with Crippen LogP contribution in [0.4, 0.5) is 0 Å². The number of aromatic nitrogens is 6. The van der Waals surface area contributed by atoms with E-state index in [0.29, 0.717) is 11.5 Å². The number of carboxylic acids is 1. The Morgan fingerprint density at radius 2 is 2.05 bits per heavy atom. The molecule has 0 saturated heterocycles. The molecule has 0 aliphatic heterocycles. The van der Waals surface area contributed by atoms with Crippen LogP contribution in [0.2, 0.25) is 0 Å². The van der Waals surface area contributed by atoms with Gasteiger partial charge >= 0.3 is 5.97 Å². The Kier molecular flexibility index (Phi) is 2.92. The molecule has 0 bridgehead atoms. The number of oxazole rings is 1. The van der Waals surface area contributed by atoms with Crippen molar-refractivity contribution >= 4 is 5.97 Å². The van der Waals surface area contributed by atoms with Gasteiger partial charge in [-0.3, -0.25) is 0 Å². The number of hydrogen-bond donors (Lipinski definition) is 1. The minimum Gasteiger partial charge on any atom is -0.476 e. The van der Waals surface area contributed by atoms with E-state index in [0.717, 1.165) is 6.26 Å². The van der Waals surface area contributed by atoms with Gasteiger partial charge in [0.05, 0.1) is 24.5 Å². The normalized spacial score (nSPS) is 10.6. The van der Waals surface area contributed by atoms with Gasteiger partial charge in [0.25, 0.3) is 0 Å². The summed E-state index contributed by atoms with van der Waals surface area (Å²) in [5.41, 5.74) is 0.463. The first-order valence-corrected chi connectivity index (χ1v) is 5.59. The Balaban J connectivity index is 1.76. The van der Waals surface area contributed by atoms with Gasteiger partial charge in [0.15, 0.2) is 11.5 Å². The number of carbonyl (C=O) groups is 1. The van der Waals surface area contributed by atoms with E-state index in [9.17, 15) is 4.79 Å². The highest BCUT2D eigenvalue weighted by Gasteiger charge is 2.11. The van der Waals surface area contributed by atoms with E-state index in [1.807, 2.05) is 0 Å². The molecule has 20 heavy (non-hydrogen) atoms. The minimum atomic E-state index is -1.13. The lowest BCUT2D eigenvalue weighted by Crippen LogP contribution is -2.04. The van der Waals surface area contributed by atoms with Crippen molar-refractivity contribution in [3.8, 4) is 5.82 Å². The van der Waals surface area contributed by atoms with Crippen molar-refractivity contribution in [3.63, 3.8) is 0 Å².